The van der Waals surface area contributed by atoms with E-state index in [-0.39, 0.29) is 36.6 Å². The highest BCUT2D eigenvalue weighted by Gasteiger charge is 2.32. The minimum Gasteiger partial charge on any atom is -0.483 e. The summed E-state index contributed by atoms with van der Waals surface area (Å²) in [7, 11) is -2.05. The molecular weight excluding hydrogens is 468 g/mol. The molecular formula is C23H30ClFN3O4P. The highest BCUT2D eigenvalue weighted by Crippen LogP contribution is 2.43. The Labute approximate surface area is 199 Å². The average molecular weight is 498 g/mol. The topological polar surface area (TPSA) is 85.1 Å². The van der Waals surface area contributed by atoms with Crippen molar-refractivity contribution in [3.8, 4) is 5.75 Å². The summed E-state index contributed by atoms with van der Waals surface area (Å²) >= 11 is 6.06. The third-order valence-corrected chi connectivity index (χ3v) is 7.44. The van der Waals surface area contributed by atoms with E-state index in [0.29, 0.717) is 36.0 Å². The van der Waals surface area contributed by atoms with Crippen molar-refractivity contribution >= 4 is 25.0 Å². The summed E-state index contributed by atoms with van der Waals surface area (Å²) in [6.07, 6.45) is -0.0525. The summed E-state index contributed by atoms with van der Waals surface area (Å²) in [5.74, 6) is 0.00130. The number of ether oxygens (including phenoxy) is 1. The van der Waals surface area contributed by atoms with E-state index in [2.05, 4.69) is 11.8 Å². The smallest absolute Gasteiger partial charge is 0.271 e. The maximum absolute atomic E-state index is 13.2. The van der Waals surface area contributed by atoms with E-state index in [9.17, 15) is 13.8 Å². The molecule has 1 amide bonds. The highest BCUT2D eigenvalue weighted by molar-refractivity contribution is 7.55. The number of hydrogen-bond donors (Lipinski definition) is 1. The van der Waals surface area contributed by atoms with Gasteiger partial charge in [0.1, 0.15) is 11.6 Å². The molecule has 3 atom stereocenters. The summed E-state index contributed by atoms with van der Waals surface area (Å²) in [6, 6.07) is 11.5. The van der Waals surface area contributed by atoms with Crippen LogP contribution >= 0.6 is 19.1 Å². The fourth-order valence-electron chi connectivity index (χ4n) is 3.93. The Hall–Kier alpha value is -1.96. The van der Waals surface area contributed by atoms with Gasteiger partial charge in [-0.1, -0.05) is 23.7 Å². The molecule has 10 heteroatoms. The van der Waals surface area contributed by atoms with Crippen LogP contribution in [0.15, 0.2) is 42.5 Å². The maximum Gasteiger partial charge on any atom is 0.271 e. The Bertz CT molecular complexity index is 1020. The van der Waals surface area contributed by atoms with Crippen LogP contribution in [0.2, 0.25) is 5.02 Å². The van der Waals surface area contributed by atoms with E-state index in [4.69, 9.17) is 26.4 Å². The largest absolute Gasteiger partial charge is 0.483 e. The van der Waals surface area contributed by atoms with Crippen molar-refractivity contribution in [2.24, 2.45) is 5.50 Å². The zero-order chi connectivity index (χ0) is 24.2. The van der Waals surface area contributed by atoms with Gasteiger partial charge in [0.2, 0.25) is 0 Å². The molecule has 1 aliphatic heterocycles. The number of carbonyl (C=O) groups excluding carboxylic acids is 1. The molecule has 0 spiro atoms. The van der Waals surface area contributed by atoms with Crippen molar-refractivity contribution in [1.29, 1.82) is 0 Å². The molecule has 0 saturated carbocycles. The van der Waals surface area contributed by atoms with Gasteiger partial charge in [-0.25, -0.2) is 4.39 Å². The Kier molecular flexibility index (Phi) is 8.54. The van der Waals surface area contributed by atoms with Gasteiger partial charge in [-0.05, 0) is 49.7 Å². The lowest BCUT2D eigenvalue weighted by Crippen LogP contribution is -2.58. The van der Waals surface area contributed by atoms with Crippen molar-refractivity contribution in [3.05, 3.63) is 64.4 Å². The van der Waals surface area contributed by atoms with E-state index in [1.54, 1.807) is 30.3 Å². The summed E-state index contributed by atoms with van der Waals surface area (Å²) < 4.78 is 36.1. The zero-order valence-electron chi connectivity index (χ0n) is 19.0. The normalized spacial score (nSPS) is 21.0. The van der Waals surface area contributed by atoms with Crippen LogP contribution < -0.4 is 10.2 Å². The van der Waals surface area contributed by atoms with Crippen molar-refractivity contribution in [1.82, 2.24) is 9.80 Å². The van der Waals surface area contributed by atoms with Crippen LogP contribution in [-0.2, 0) is 26.6 Å². The van der Waals surface area contributed by atoms with Crippen molar-refractivity contribution in [3.63, 3.8) is 0 Å². The van der Waals surface area contributed by atoms with Crippen LogP contribution in [0, 0.1) is 5.82 Å². The van der Waals surface area contributed by atoms with Crippen LogP contribution in [0.1, 0.15) is 25.0 Å². The number of nitrogens with zero attached hydrogens (tertiary/aromatic N) is 2. The average Bonchev–Trinajstić information content (AvgIpc) is 2.76. The Morgan fingerprint density at radius 2 is 1.88 bits per heavy atom. The SMILES string of the molecule is COP(N)(=O)Cc1cc(Cl)ccc1OCC(=O)N1C[C@H](C)N(Cc2ccc(F)cc2)C[C@H]1C. The zero-order valence-corrected chi connectivity index (χ0v) is 20.7. The summed E-state index contributed by atoms with van der Waals surface area (Å²) in [5.41, 5.74) is 7.24. The number of hydrogen-bond acceptors (Lipinski definition) is 5. The molecule has 180 valence electrons. The standard InChI is InChI=1S/C23H30ClFN3O4P/c1-16-12-28(17(2)11-27(16)13-18-4-7-21(25)8-5-18)23(29)14-32-22-9-6-20(24)10-19(22)15-33(26,30)31-3/h4-10,16-17H,11-15H2,1-3H3,(H2,26,30)/t16-,17+,33?/m0/s1. The van der Waals surface area contributed by atoms with Gasteiger partial charge in [-0.3, -0.25) is 19.8 Å². The highest BCUT2D eigenvalue weighted by atomic mass is 35.5. The molecule has 33 heavy (non-hydrogen) atoms. The molecule has 1 fully saturated rings. The molecule has 1 aliphatic rings. The lowest BCUT2D eigenvalue weighted by Gasteiger charge is -2.44. The first-order valence-electron chi connectivity index (χ1n) is 10.7. The molecule has 7 nitrogen and oxygen atoms in total. The molecule has 0 bridgehead atoms. The van der Waals surface area contributed by atoms with Crippen LogP contribution in [0.25, 0.3) is 0 Å². The fourth-order valence-corrected chi connectivity index (χ4v) is 4.97. The monoisotopic (exact) mass is 497 g/mol. The number of halogens is 2. The lowest BCUT2D eigenvalue weighted by atomic mass is 10.1. The minimum absolute atomic E-state index is 0.0137. The van der Waals surface area contributed by atoms with Crippen LogP contribution in [0.5, 0.6) is 5.75 Å². The lowest BCUT2D eigenvalue weighted by molar-refractivity contribution is -0.139. The van der Waals surface area contributed by atoms with E-state index >= 15 is 0 Å². The van der Waals surface area contributed by atoms with Crippen molar-refractivity contribution < 1.29 is 23.0 Å². The van der Waals surface area contributed by atoms with E-state index in [1.165, 1.54) is 19.2 Å². The van der Waals surface area contributed by atoms with Crippen LogP contribution in [0.3, 0.4) is 0 Å². The number of rotatable bonds is 8. The first kappa shape index (κ1) is 25.7. The summed E-state index contributed by atoms with van der Waals surface area (Å²) in [5, 5.41) is 0.444. The predicted molar refractivity (Wildman–Crippen MR) is 127 cm³/mol. The van der Waals surface area contributed by atoms with Gasteiger partial charge in [0.05, 0.1) is 6.16 Å². The Morgan fingerprint density at radius 3 is 2.55 bits per heavy atom. The predicted octanol–water partition coefficient (Wildman–Crippen LogP) is 4.28. The van der Waals surface area contributed by atoms with Gasteiger partial charge in [-0.15, -0.1) is 0 Å². The van der Waals surface area contributed by atoms with E-state index in [1.807, 2.05) is 11.8 Å². The summed E-state index contributed by atoms with van der Waals surface area (Å²) in [4.78, 5) is 17.1. The van der Waals surface area contributed by atoms with Gasteiger partial charge in [0.15, 0.2) is 6.61 Å². The number of piperazine rings is 1. The van der Waals surface area contributed by atoms with Crippen LogP contribution in [0.4, 0.5) is 4.39 Å². The molecule has 1 heterocycles. The molecule has 1 saturated heterocycles. The second kappa shape index (κ2) is 11.0. The van der Waals surface area contributed by atoms with Gasteiger partial charge >= 0.3 is 0 Å². The second-order valence-electron chi connectivity index (χ2n) is 8.41. The first-order chi connectivity index (χ1) is 15.6. The first-order valence-corrected chi connectivity index (χ1v) is 13.0. The minimum atomic E-state index is -3.33. The number of nitrogens with two attached hydrogens (primary N) is 1. The van der Waals surface area contributed by atoms with Crippen LogP contribution in [-0.4, -0.2) is 54.6 Å². The van der Waals surface area contributed by atoms with E-state index in [0.717, 1.165) is 5.56 Å². The molecule has 1 unspecified atom stereocenters. The molecule has 2 aromatic rings. The maximum atomic E-state index is 13.2. The molecule has 2 aromatic carbocycles. The van der Waals surface area contributed by atoms with Gasteiger partial charge in [-0.2, -0.15) is 0 Å². The van der Waals surface area contributed by atoms with Crippen molar-refractivity contribution in [2.75, 3.05) is 26.8 Å². The van der Waals surface area contributed by atoms with Gasteiger partial charge in [0.25, 0.3) is 13.4 Å². The molecule has 0 aliphatic carbocycles. The molecule has 2 N–H and O–H groups in total. The number of benzene rings is 2. The van der Waals surface area contributed by atoms with E-state index < -0.39 is 7.52 Å². The Balaban J connectivity index is 1.61. The van der Waals surface area contributed by atoms with Gasteiger partial charge in [0, 0.05) is 49.4 Å². The Morgan fingerprint density at radius 1 is 1.18 bits per heavy atom. The third kappa shape index (κ3) is 7.01. The molecule has 0 aromatic heterocycles. The number of amides is 1. The molecule has 3 rings (SSSR count). The quantitative estimate of drug-likeness (QED) is 0.548. The summed E-state index contributed by atoms with van der Waals surface area (Å²) in [6.45, 7) is 5.85. The fraction of sp³-hybridized carbons (Fsp3) is 0.435. The number of carbonyl (C=O) groups is 1. The third-order valence-electron chi connectivity index (χ3n) is 5.81. The van der Waals surface area contributed by atoms with Crippen molar-refractivity contribution in [2.45, 2.75) is 38.6 Å². The van der Waals surface area contributed by atoms with Gasteiger partial charge < -0.3 is 14.2 Å². The molecule has 0 radical (unpaired) electrons. The second-order valence-corrected chi connectivity index (χ2v) is 11.0.